The fourth-order valence-corrected chi connectivity index (χ4v) is 1.62. The van der Waals surface area contributed by atoms with Gasteiger partial charge in [0.15, 0.2) is 0 Å². The van der Waals surface area contributed by atoms with Crippen LogP contribution in [0.3, 0.4) is 0 Å². The third-order valence-corrected chi connectivity index (χ3v) is 3.31. The van der Waals surface area contributed by atoms with Gasteiger partial charge in [-0.25, -0.2) is 4.79 Å². The van der Waals surface area contributed by atoms with Gasteiger partial charge in [0.05, 0.1) is 0 Å². The molecule has 0 unspecified atom stereocenters. The zero-order valence-electron chi connectivity index (χ0n) is 11.5. The molecule has 0 aliphatic carbocycles. The van der Waals surface area contributed by atoms with Crippen LogP contribution in [0.15, 0.2) is 24.3 Å². The standard InChI is InChI=1S/C14H20N2O3/c1-14(2,13(18)19)16(3)12(17)8-7-10-5-4-6-11(15)9-10/h4-6,9H,7-8,15H2,1-3H3,(H,18,19). The number of carbonyl (C=O) groups is 2. The van der Waals surface area contributed by atoms with Gasteiger partial charge in [-0.1, -0.05) is 12.1 Å². The third-order valence-electron chi connectivity index (χ3n) is 3.31. The first kappa shape index (κ1) is 15.0. The number of benzene rings is 1. The molecule has 0 saturated carbocycles. The minimum atomic E-state index is -1.20. The summed E-state index contributed by atoms with van der Waals surface area (Å²) in [6.07, 6.45) is 0.806. The van der Waals surface area contributed by atoms with E-state index in [9.17, 15) is 9.59 Å². The molecule has 0 bridgehead atoms. The molecule has 104 valence electrons. The smallest absolute Gasteiger partial charge is 0.329 e. The van der Waals surface area contributed by atoms with Gasteiger partial charge >= 0.3 is 5.97 Å². The maximum Gasteiger partial charge on any atom is 0.329 e. The van der Waals surface area contributed by atoms with E-state index in [1.165, 1.54) is 25.8 Å². The summed E-state index contributed by atoms with van der Waals surface area (Å²) in [4.78, 5) is 24.3. The quantitative estimate of drug-likeness (QED) is 0.790. The molecule has 1 aromatic rings. The lowest BCUT2D eigenvalue weighted by molar-refractivity contribution is -0.155. The normalized spacial score (nSPS) is 11.1. The van der Waals surface area contributed by atoms with Crippen molar-refractivity contribution < 1.29 is 14.7 Å². The summed E-state index contributed by atoms with van der Waals surface area (Å²) in [6.45, 7) is 3.02. The van der Waals surface area contributed by atoms with Crippen LogP contribution in [-0.2, 0) is 16.0 Å². The first-order chi connectivity index (χ1) is 8.75. The molecule has 1 aromatic carbocycles. The van der Waals surface area contributed by atoms with E-state index in [1.807, 2.05) is 18.2 Å². The number of aliphatic carboxylic acids is 1. The van der Waals surface area contributed by atoms with E-state index in [2.05, 4.69) is 0 Å². The summed E-state index contributed by atoms with van der Waals surface area (Å²) in [5, 5.41) is 9.07. The molecule has 0 spiro atoms. The highest BCUT2D eigenvalue weighted by Crippen LogP contribution is 2.15. The van der Waals surface area contributed by atoms with E-state index < -0.39 is 11.5 Å². The number of carboxylic acid groups (broad SMARTS) is 1. The Kier molecular flexibility index (Phi) is 4.53. The van der Waals surface area contributed by atoms with Crippen LogP contribution >= 0.6 is 0 Å². The van der Waals surface area contributed by atoms with Crippen LogP contribution in [0.25, 0.3) is 0 Å². The van der Waals surface area contributed by atoms with Gasteiger partial charge in [0.25, 0.3) is 0 Å². The number of likely N-dealkylation sites (N-methyl/N-ethyl adjacent to an activating group) is 1. The van der Waals surface area contributed by atoms with Crippen LogP contribution in [0, 0.1) is 0 Å². The molecule has 0 radical (unpaired) electrons. The van der Waals surface area contributed by atoms with Crippen molar-refractivity contribution in [1.29, 1.82) is 0 Å². The second-order valence-electron chi connectivity index (χ2n) is 5.06. The molecule has 0 aromatic heterocycles. The summed E-state index contributed by atoms with van der Waals surface area (Å²) >= 11 is 0. The van der Waals surface area contributed by atoms with Gasteiger partial charge in [-0.2, -0.15) is 0 Å². The third kappa shape index (κ3) is 3.71. The average Bonchev–Trinajstić information content (AvgIpc) is 2.34. The van der Waals surface area contributed by atoms with Crippen LogP contribution < -0.4 is 5.73 Å². The zero-order chi connectivity index (χ0) is 14.6. The van der Waals surface area contributed by atoms with E-state index in [-0.39, 0.29) is 12.3 Å². The van der Waals surface area contributed by atoms with Gasteiger partial charge in [-0.05, 0) is 38.0 Å². The number of amides is 1. The van der Waals surface area contributed by atoms with Crippen molar-refractivity contribution in [1.82, 2.24) is 4.90 Å². The van der Waals surface area contributed by atoms with Crippen LogP contribution in [0.4, 0.5) is 5.69 Å². The summed E-state index contributed by atoms with van der Waals surface area (Å²) < 4.78 is 0. The fourth-order valence-electron chi connectivity index (χ4n) is 1.62. The highest BCUT2D eigenvalue weighted by atomic mass is 16.4. The Balaban J connectivity index is 2.63. The Bertz CT molecular complexity index is 483. The van der Waals surface area contributed by atoms with Crippen molar-refractivity contribution in [3.05, 3.63) is 29.8 Å². The maximum absolute atomic E-state index is 12.0. The molecule has 5 heteroatoms. The Labute approximate surface area is 113 Å². The van der Waals surface area contributed by atoms with Gasteiger partial charge in [0.2, 0.25) is 5.91 Å². The number of nitrogens with two attached hydrogens (primary N) is 1. The van der Waals surface area contributed by atoms with E-state index in [0.29, 0.717) is 12.1 Å². The lowest BCUT2D eigenvalue weighted by atomic mass is 10.0. The lowest BCUT2D eigenvalue weighted by Gasteiger charge is -2.31. The van der Waals surface area contributed by atoms with E-state index in [1.54, 1.807) is 6.07 Å². The number of carbonyl (C=O) groups excluding carboxylic acids is 1. The molecule has 0 aliphatic heterocycles. The summed E-state index contributed by atoms with van der Waals surface area (Å²) in [6, 6.07) is 7.33. The molecule has 1 amide bonds. The predicted octanol–water partition coefficient (Wildman–Crippen LogP) is 1.52. The van der Waals surface area contributed by atoms with E-state index in [0.717, 1.165) is 5.56 Å². The molecule has 0 aliphatic rings. The number of nitrogen functional groups attached to an aromatic ring is 1. The molecule has 0 heterocycles. The number of carboxylic acids is 1. The molecule has 0 atom stereocenters. The highest BCUT2D eigenvalue weighted by molar-refractivity contribution is 5.86. The SMILES string of the molecule is CN(C(=O)CCc1cccc(N)c1)C(C)(C)C(=O)O. The Hall–Kier alpha value is -2.04. The first-order valence-corrected chi connectivity index (χ1v) is 6.09. The minimum Gasteiger partial charge on any atom is -0.480 e. The molecule has 3 N–H and O–H groups in total. The summed E-state index contributed by atoms with van der Waals surface area (Å²) in [5.74, 6) is -1.22. The van der Waals surface area contributed by atoms with Gasteiger partial charge < -0.3 is 15.7 Å². The molecule has 0 fully saturated rings. The van der Waals surface area contributed by atoms with Gasteiger partial charge in [0.1, 0.15) is 5.54 Å². The van der Waals surface area contributed by atoms with Crippen LogP contribution in [-0.4, -0.2) is 34.5 Å². The van der Waals surface area contributed by atoms with Crippen LogP contribution in [0.5, 0.6) is 0 Å². The van der Waals surface area contributed by atoms with Crippen molar-refractivity contribution in [2.45, 2.75) is 32.2 Å². The Morgan fingerprint density at radius 1 is 1.37 bits per heavy atom. The number of aryl methyl sites for hydroxylation is 1. The summed E-state index contributed by atoms with van der Waals surface area (Å²) in [7, 11) is 1.51. The maximum atomic E-state index is 12.0. The molecule has 1 rings (SSSR count). The van der Waals surface area contributed by atoms with Gasteiger partial charge in [0, 0.05) is 19.2 Å². The molecule has 0 saturated heterocycles. The van der Waals surface area contributed by atoms with Crippen LogP contribution in [0.1, 0.15) is 25.8 Å². The Morgan fingerprint density at radius 3 is 2.53 bits per heavy atom. The molecular formula is C14H20N2O3. The second-order valence-corrected chi connectivity index (χ2v) is 5.06. The van der Waals surface area contributed by atoms with Gasteiger partial charge in [-0.15, -0.1) is 0 Å². The van der Waals surface area contributed by atoms with Crippen LogP contribution in [0.2, 0.25) is 0 Å². The number of hydrogen-bond acceptors (Lipinski definition) is 3. The highest BCUT2D eigenvalue weighted by Gasteiger charge is 2.34. The number of hydrogen-bond donors (Lipinski definition) is 2. The minimum absolute atomic E-state index is 0.199. The first-order valence-electron chi connectivity index (χ1n) is 6.09. The fraction of sp³-hybridized carbons (Fsp3) is 0.429. The molecule has 5 nitrogen and oxygen atoms in total. The second kappa shape index (κ2) is 5.73. The van der Waals surface area contributed by atoms with E-state index in [4.69, 9.17) is 10.8 Å². The number of nitrogens with zero attached hydrogens (tertiary/aromatic N) is 1. The average molecular weight is 264 g/mol. The van der Waals surface area contributed by atoms with Gasteiger partial charge in [-0.3, -0.25) is 4.79 Å². The zero-order valence-corrected chi connectivity index (χ0v) is 11.5. The van der Waals surface area contributed by atoms with Crippen molar-refractivity contribution in [2.75, 3.05) is 12.8 Å². The molecule has 19 heavy (non-hydrogen) atoms. The molecular weight excluding hydrogens is 244 g/mol. The van der Waals surface area contributed by atoms with E-state index >= 15 is 0 Å². The summed E-state index contributed by atoms with van der Waals surface area (Å²) in [5.41, 5.74) is 6.08. The van der Waals surface area contributed by atoms with Crippen molar-refractivity contribution in [3.63, 3.8) is 0 Å². The Morgan fingerprint density at radius 2 is 2.00 bits per heavy atom. The monoisotopic (exact) mass is 264 g/mol. The van der Waals surface area contributed by atoms with Crippen molar-refractivity contribution in [2.24, 2.45) is 0 Å². The predicted molar refractivity (Wildman–Crippen MR) is 73.7 cm³/mol. The largest absolute Gasteiger partial charge is 0.480 e. The topological polar surface area (TPSA) is 83.6 Å². The number of anilines is 1. The van der Waals surface area contributed by atoms with Crippen molar-refractivity contribution >= 4 is 17.6 Å². The number of rotatable bonds is 5. The van der Waals surface area contributed by atoms with Crippen molar-refractivity contribution in [3.8, 4) is 0 Å². The lowest BCUT2D eigenvalue weighted by Crippen LogP contribution is -2.50.